The molecule has 0 spiro atoms. The van der Waals surface area contributed by atoms with E-state index >= 15 is 0 Å². The van der Waals surface area contributed by atoms with Crippen LogP contribution in [-0.2, 0) is 9.53 Å². The summed E-state index contributed by atoms with van der Waals surface area (Å²) in [5, 5.41) is 10.9. The highest BCUT2D eigenvalue weighted by molar-refractivity contribution is 9.11. The van der Waals surface area contributed by atoms with Crippen LogP contribution < -0.4 is 4.74 Å². The maximum absolute atomic E-state index is 12.2. The van der Waals surface area contributed by atoms with Crippen LogP contribution in [-0.4, -0.2) is 23.9 Å². The fourth-order valence-electron chi connectivity index (χ4n) is 2.58. The van der Waals surface area contributed by atoms with Crippen molar-refractivity contribution in [2.24, 2.45) is 4.99 Å². The highest BCUT2D eigenvalue weighted by atomic mass is 79.9. The summed E-state index contributed by atoms with van der Waals surface area (Å²) in [5.74, 6) is 0.0322. The van der Waals surface area contributed by atoms with E-state index in [0.29, 0.717) is 26.9 Å². The molecule has 3 rings (SSSR count). The zero-order valence-corrected chi connectivity index (χ0v) is 17.3. The average Bonchev–Trinajstić information content (AvgIpc) is 2.95. The number of nitro benzene ring substituents is 1. The van der Waals surface area contributed by atoms with Crippen LogP contribution in [0.4, 0.5) is 5.69 Å². The summed E-state index contributed by atoms with van der Waals surface area (Å²) in [5.41, 5.74) is 1.66. The number of esters is 1. The lowest BCUT2D eigenvalue weighted by Crippen LogP contribution is -2.06. The van der Waals surface area contributed by atoms with Gasteiger partial charge in [0, 0.05) is 27.2 Å². The maximum atomic E-state index is 12.2. The van der Waals surface area contributed by atoms with Gasteiger partial charge in [0.15, 0.2) is 5.70 Å². The average molecular weight is 496 g/mol. The predicted octanol–water partition coefficient (Wildman–Crippen LogP) is 4.78. The molecule has 1 aliphatic rings. The number of rotatable bonds is 4. The van der Waals surface area contributed by atoms with E-state index in [9.17, 15) is 14.9 Å². The van der Waals surface area contributed by atoms with Gasteiger partial charge < -0.3 is 9.47 Å². The Morgan fingerprint density at radius 3 is 2.63 bits per heavy atom. The van der Waals surface area contributed by atoms with Crippen LogP contribution in [0.3, 0.4) is 0 Å². The fourth-order valence-corrected chi connectivity index (χ4v) is 4.00. The summed E-state index contributed by atoms with van der Waals surface area (Å²) < 4.78 is 12.1. The molecule has 0 unspecified atom stereocenters. The van der Waals surface area contributed by atoms with Crippen molar-refractivity contribution in [3.05, 3.63) is 71.8 Å². The van der Waals surface area contributed by atoms with E-state index in [0.717, 1.165) is 4.47 Å². The number of ether oxygens (including phenoxy) is 2. The first-order chi connectivity index (χ1) is 12.8. The third-order valence-electron chi connectivity index (χ3n) is 3.79. The molecule has 0 saturated heterocycles. The third kappa shape index (κ3) is 3.93. The van der Waals surface area contributed by atoms with Gasteiger partial charge >= 0.3 is 5.97 Å². The lowest BCUT2D eigenvalue weighted by atomic mass is 10.1. The molecule has 0 bridgehead atoms. The normalized spacial score (nSPS) is 14.9. The quantitative estimate of drug-likeness (QED) is 0.263. The molecule has 0 N–H and O–H groups in total. The molecule has 2 aromatic carbocycles. The molecule has 0 saturated carbocycles. The molecule has 9 heteroatoms. The fraction of sp³-hybridized carbons (Fsp3) is 0.111. The Bertz CT molecular complexity index is 1030. The van der Waals surface area contributed by atoms with E-state index in [1.54, 1.807) is 25.1 Å². The molecule has 7 nitrogen and oxygen atoms in total. The van der Waals surface area contributed by atoms with Crippen molar-refractivity contribution in [1.29, 1.82) is 0 Å². The second-order valence-corrected chi connectivity index (χ2v) is 7.37. The van der Waals surface area contributed by atoms with E-state index < -0.39 is 10.9 Å². The van der Waals surface area contributed by atoms with Gasteiger partial charge in [-0.25, -0.2) is 9.79 Å². The van der Waals surface area contributed by atoms with Crippen LogP contribution in [0.1, 0.15) is 16.7 Å². The van der Waals surface area contributed by atoms with Crippen molar-refractivity contribution in [1.82, 2.24) is 0 Å². The Morgan fingerprint density at radius 2 is 2.00 bits per heavy atom. The smallest absolute Gasteiger partial charge is 0.363 e. The van der Waals surface area contributed by atoms with Crippen molar-refractivity contribution < 1.29 is 19.2 Å². The minimum Gasteiger partial charge on any atom is -0.495 e. The molecule has 138 valence electrons. The van der Waals surface area contributed by atoms with Gasteiger partial charge in [-0.15, -0.1) is 0 Å². The number of hydrogen-bond donors (Lipinski definition) is 0. The third-order valence-corrected chi connectivity index (χ3v) is 4.84. The first kappa shape index (κ1) is 19.2. The maximum Gasteiger partial charge on any atom is 0.363 e. The molecule has 0 atom stereocenters. The lowest BCUT2D eigenvalue weighted by Gasteiger charge is -2.08. The number of nitro groups is 1. The number of benzene rings is 2. The Balaban J connectivity index is 2.01. The number of nitrogens with zero attached hydrogens (tertiary/aromatic N) is 2. The van der Waals surface area contributed by atoms with Gasteiger partial charge in [-0.3, -0.25) is 10.1 Å². The SMILES string of the molecule is COc1c(Br)cc(Br)cc1/C=C1\N=C(c2ccc([N+](=O)[O-])c(C)c2)OC1=O. The molecule has 0 radical (unpaired) electrons. The molecular formula is C18H12Br2N2O5. The summed E-state index contributed by atoms with van der Waals surface area (Å²) >= 11 is 6.80. The summed E-state index contributed by atoms with van der Waals surface area (Å²) in [7, 11) is 1.53. The minimum absolute atomic E-state index is 0.0110. The van der Waals surface area contributed by atoms with E-state index in [1.165, 1.54) is 19.2 Å². The van der Waals surface area contributed by atoms with Gasteiger partial charge in [-0.1, -0.05) is 15.9 Å². The second kappa shape index (κ2) is 7.61. The van der Waals surface area contributed by atoms with E-state index in [2.05, 4.69) is 36.9 Å². The van der Waals surface area contributed by atoms with Gasteiger partial charge in [0.2, 0.25) is 5.90 Å². The van der Waals surface area contributed by atoms with Crippen molar-refractivity contribution >= 4 is 55.5 Å². The predicted molar refractivity (Wildman–Crippen MR) is 107 cm³/mol. The Kier molecular flexibility index (Phi) is 5.43. The number of carbonyl (C=O) groups excluding carboxylic acids is 1. The highest BCUT2D eigenvalue weighted by Gasteiger charge is 2.26. The van der Waals surface area contributed by atoms with Gasteiger partial charge in [-0.05, 0) is 53.2 Å². The second-order valence-electron chi connectivity index (χ2n) is 5.60. The molecule has 1 aliphatic heterocycles. The zero-order chi connectivity index (χ0) is 19.7. The summed E-state index contributed by atoms with van der Waals surface area (Å²) in [4.78, 5) is 26.9. The molecule has 0 aliphatic carbocycles. The summed E-state index contributed by atoms with van der Waals surface area (Å²) in [6.45, 7) is 1.61. The topological polar surface area (TPSA) is 91.0 Å². The Hall–Kier alpha value is -2.52. The summed E-state index contributed by atoms with van der Waals surface area (Å²) in [6.07, 6.45) is 1.56. The van der Waals surface area contributed by atoms with E-state index in [1.807, 2.05) is 6.07 Å². The van der Waals surface area contributed by atoms with Gasteiger partial charge in [-0.2, -0.15) is 0 Å². The van der Waals surface area contributed by atoms with Crippen LogP contribution in [0.15, 0.2) is 50.0 Å². The number of carbonyl (C=O) groups is 1. The zero-order valence-electron chi connectivity index (χ0n) is 14.2. The molecule has 27 heavy (non-hydrogen) atoms. The standard InChI is InChI=1S/C18H12Br2N2O5/c1-9-5-10(3-4-15(9)22(24)25)17-21-14(18(23)27-17)7-11-6-12(19)8-13(20)16(11)26-2/h3-8H,1-2H3/b14-7-. The molecule has 0 aromatic heterocycles. The highest BCUT2D eigenvalue weighted by Crippen LogP contribution is 2.35. The number of aliphatic imine (C=N–C) groups is 1. The summed E-state index contributed by atoms with van der Waals surface area (Å²) in [6, 6.07) is 8.02. The largest absolute Gasteiger partial charge is 0.495 e. The van der Waals surface area contributed by atoms with Crippen molar-refractivity contribution in [2.75, 3.05) is 7.11 Å². The van der Waals surface area contributed by atoms with Crippen molar-refractivity contribution in [2.45, 2.75) is 6.92 Å². The van der Waals surface area contributed by atoms with Crippen molar-refractivity contribution in [3.8, 4) is 5.75 Å². The van der Waals surface area contributed by atoms with Crippen LogP contribution >= 0.6 is 31.9 Å². The van der Waals surface area contributed by atoms with Crippen LogP contribution in [0.2, 0.25) is 0 Å². The molecule has 1 heterocycles. The monoisotopic (exact) mass is 494 g/mol. The lowest BCUT2D eigenvalue weighted by molar-refractivity contribution is -0.385. The molecular weight excluding hydrogens is 484 g/mol. The van der Waals surface area contributed by atoms with Gasteiger partial charge in [0.1, 0.15) is 5.75 Å². The molecule has 0 amide bonds. The molecule has 0 fully saturated rings. The number of aryl methyl sites for hydroxylation is 1. The Labute approximate surface area is 171 Å². The van der Waals surface area contributed by atoms with Crippen molar-refractivity contribution in [3.63, 3.8) is 0 Å². The minimum atomic E-state index is -0.612. The van der Waals surface area contributed by atoms with Gasteiger partial charge in [0.05, 0.1) is 16.5 Å². The Morgan fingerprint density at radius 1 is 1.26 bits per heavy atom. The first-order valence-corrected chi connectivity index (χ1v) is 9.19. The van der Waals surface area contributed by atoms with Crippen LogP contribution in [0.25, 0.3) is 6.08 Å². The van der Waals surface area contributed by atoms with Crippen LogP contribution in [0, 0.1) is 17.0 Å². The van der Waals surface area contributed by atoms with Gasteiger partial charge in [0.25, 0.3) is 5.69 Å². The number of hydrogen-bond acceptors (Lipinski definition) is 6. The first-order valence-electron chi connectivity index (χ1n) is 7.61. The number of halogens is 2. The number of methoxy groups -OCH3 is 1. The molecule has 2 aromatic rings. The van der Waals surface area contributed by atoms with Crippen LogP contribution in [0.5, 0.6) is 5.75 Å². The number of cyclic esters (lactones) is 1. The van der Waals surface area contributed by atoms with E-state index in [-0.39, 0.29) is 17.3 Å². The van der Waals surface area contributed by atoms with E-state index in [4.69, 9.17) is 9.47 Å².